The van der Waals surface area contributed by atoms with E-state index in [0.717, 1.165) is 0 Å². The van der Waals surface area contributed by atoms with Crippen molar-refractivity contribution in [3.63, 3.8) is 0 Å². The monoisotopic (exact) mass is 215 g/mol. The summed E-state index contributed by atoms with van der Waals surface area (Å²) in [4.78, 5) is 11.0. The average Bonchev–Trinajstić information content (AvgIpc) is 2.20. The standard InChI is InChI=1S/C10H11F2NO2/c1-2-9(14)13-7-3-5-8(6-4-7)15-10(11)12/h3-6,10H,2H2,1H3,(H,13,14). The second-order valence-corrected chi connectivity index (χ2v) is 2.80. The summed E-state index contributed by atoms with van der Waals surface area (Å²) >= 11 is 0. The third-order valence-electron chi connectivity index (χ3n) is 1.68. The van der Waals surface area contributed by atoms with Crippen LogP contribution < -0.4 is 10.1 Å². The number of alkyl halides is 2. The summed E-state index contributed by atoms with van der Waals surface area (Å²) in [5, 5.41) is 2.59. The molecule has 0 aromatic heterocycles. The van der Waals surface area contributed by atoms with Gasteiger partial charge in [0, 0.05) is 12.1 Å². The van der Waals surface area contributed by atoms with Crippen LogP contribution in [0.25, 0.3) is 0 Å². The first-order valence-electron chi connectivity index (χ1n) is 4.46. The predicted molar refractivity (Wildman–Crippen MR) is 52.0 cm³/mol. The molecule has 0 radical (unpaired) electrons. The molecule has 15 heavy (non-hydrogen) atoms. The molecule has 0 saturated heterocycles. The molecule has 0 fully saturated rings. The van der Waals surface area contributed by atoms with Crippen LogP contribution in [0.1, 0.15) is 13.3 Å². The van der Waals surface area contributed by atoms with Crippen LogP contribution in [0.2, 0.25) is 0 Å². The Hall–Kier alpha value is -1.65. The van der Waals surface area contributed by atoms with E-state index in [1.54, 1.807) is 6.92 Å². The van der Waals surface area contributed by atoms with Crippen molar-refractivity contribution in [3.8, 4) is 5.75 Å². The molecule has 1 amide bonds. The maximum absolute atomic E-state index is 11.8. The van der Waals surface area contributed by atoms with E-state index in [-0.39, 0.29) is 11.7 Å². The van der Waals surface area contributed by atoms with Gasteiger partial charge in [0.15, 0.2) is 0 Å². The van der Waals surface area contributed by atoms with Crippen molar-refractivity contribution in [2.75, 3.05) is 5.32 Å². The Bertz CT molecular complexity index is 325. The molecule has 0 saturated carbocycles. The molecular weight excluding hydrogens is 204 g/mol. The summed E-state index contributed by atoms with van der Waals surface area (Å²) in [5.41, 5.74) is 0.559. The number of hydrogen-bond donors (Lipinski definition) is 1. The second-order valence-electron chi connectivity index (χ2n) is 2.80. The smallest absolute Gasteiger partial charge is 0.387 e. The van der Waals surface area contributed by atoms with Gasteiger partial charge in [-0.05, 0) is 24.3 Å². The zero-order valence-electron chi connectivity index (χ0n) is 8.17. The number of amides is 1. The van der Waals surface area contributed by atoms with Gasteiger partial charge >= 0.3 is 6.61 Å². The molecule has 1 aromatic rings. The van der Waals surface area contributed by atoms with Gasteiger partial charge in [-0.3, -0.25) is 4.79 Å². The molecule has 1 aromatic carbocycles. The van der Waals surface area contributed by atoms with E-state index in [0.29, 0.717) is 12.1 Å². The van der Waals surface area contributed by atoms with E-state index in [2.05, 4.69) is 10.1 Å². The van der Waals surface area contributed by atoms with Gasteiger partial charge in [0.05, 0.1) is 0 Å². The zero-order valence-corrected chi connectivity index (χ0v) is 8.17. The lowest BCUT2D eigenvalue weighted by Gasteiger charge is -2.06. The van der Waals surface area contributed by atoms with E-state index in [1.807, 2.05) is 0 Å². The molecule has 0 spiro atoms. The second kappa shape index (κ2) is 5.29. The fourth-order valence-electron chi connectivity index (χ4n) is 0.969. The van der Waals surface area contributed by atoms with Gasteiger partial charge in [0.25, 0.3) is 0 Å². The van der Waals surface area contributed by atoms with Gasteiger partial charge in [-0.2, -0.15) is 8.78 Å². The zero-order chi connectivity index (χ0) is 11.3. The van der Waals surface area contributed by atoms with Crippen LogP contribution in [0.5, 0.6) is 5.75 Å². The normalized spacial score (nSPS) is 10.1. The largest absolute Gasteiger partial charge is 0.435 e. The van der Waals surface area contributed by atoms with Crippen molar-refractivity contribution in [2.45, 2.75) is 20.0 Å². The SMILES string of the molecule is CCC(=O)Nc1ccc(OC(F)F)cc1. The Morgan fingerprint density at radius 1 is 1.40 bits per heavy atom. The Morgan fingerprint density at radius 3 is 2.47 bits per heavy atom. The molecule has 0 aliphatic carbocycles. The van der Waals surface area contributed by atoms with Crippen LogP contribution in [0.4, 0.5) is 14.5 Å². The highest BCUT2D eigenvalue weighted by molar-refractivity contribution is 5.90. The van der Waals surface area contributed by atoms with Crippen LogP contribution in [0, 0.1) is 0 Å². The lowest BCUT2D eigenvalue weighted by Crippen LogP contribution is -2.09. The van der Waals surface area contributed by atoms with Crippen LogP contribution in [-0.2, 0) is 4.79 Å². The van der Waals surface area contributed by atoms with Crippen LogP contribution in [0.3, 0.4) is 0 Å². The van der Waals surface area contributed by atoms with Crippen LogP contribution >= 0.6 is 0 Å². The number of hydrogen-bond acceptors (Lipinski definition) is 2. The molecule has 0 aliphatic rings. The fourth-order valence-corrected chi connectivity index (χ4v) is 0.969. The molecule has 3 nitrogen and oxygen atoms in total. The van der Waals surface area contributed by atoms with E-state index >= 15 is 0 Å². The van der Waals surface area contributed by atoms with Gasteiger partial charge in [0.2, 0.25) is 5.91 Å². The molecule has 0 heterocycles. The number of nitrogens with one attached hydrogen (secondary N) is 1. The molecular formula is C10H11F2NO2. The summed E-state index contributed by atoms with van der Waals surface area (Å²) in [6.45, 7) is -1.11. The van der Waals surface area contributed by atoms with Crippen LogP contribution in [-0.4, -0.2) is 12.5 Å². The highest BCUT2D eigenvalue weighted by Crippen LogP contribution is 2.17. The van der Waals surface area contributed by atoms with E-state index in [9.17, 15) is 13.6 Å². The summed E-state index contributed by atoms with van der Waals surface area (Å²) in [6, 6.07) is 5.76. The Kier molecular flexibility index (Phi) is 4.03. The molecule has 0 unspecified atom stereocenters. The van der Waals surface area contributed by atoms with Gasteiger partial charge in [-0.25, -0.2) is 0 Å². The fraction of sp³-hybridized carbons (Fsp3) is 0.300. The molecule has 1 rings (SSSR count). The van der Waals surface area contributed by atoms with Crippen molar-refractivity contribution in [2.24, 2.45) is 0 Å². The minimum Gasteiger partial charge on any atom is -0.435 e. The maximum atomic E-state index is 11.8. The van der Waals surface area contributed by atoms with Gasteiger partial charge < -0.3 is 10.1 Å². The number of benzene rings is 1. The Balaban J connectivity index is 2.60. The van der Waals surface area contributed by atoms with Gasteiger partial charge in [0.1, 0.15) is 5.75 Å². The molecule has 5 heteroatoms. The quantitative estimate of drug-likeness (QED) is 0.838. The first-order valence-corrected chi connectivity index (χ1v) is 4.46. The van der Waals surface area contributed by atoms with Crippen molar-refractivity contribution >= 4 is 11.6 Å². The van der Waals surface area contributed by atoms with E-state index < -0.39 is 6.61 Å². The minimum absolute atomic E-state index is 0.0690. The van der Waals surface area contributed by atoms with Crippen molar-refractivity contribution in [1.29, 1.82) is 0 Å². The average molecular weight is 215 g/mol. The Labute approximate surface area is 86.0 Å². The lowest BCUT2D eigenvalue weighted by molar-refractivity contribution is -0.115. The predicted octanol–water partition coefficient (Wildman–Crippen LogP) is 2.64. The van der Waals surface area contributed by atoms with Crippen molar-refractivity contribution in [3.05, 3.63) is 24.3 Å². The molecule has 1 N–H and O–H groups in total. The van der Waals surface area contributed by atoms with E-state index in [4.69, 9.17) is 0 Å². The minimum atomic E-state index is -2.83. The van der Waals surface area contributed by atoms with Gasteiger partial charge in [-0.15, -0.1) is 0 Å². The summed E-state index contributed by atoms with van der Waals surface area (Å²) in [5.74, 6) is -0.0583. The van der Waals surface area contributed by atoms with E-state index in [1.165, 1.54) is 24.3 Å². The topological polar surface area (TPSA) is 38.3 Å². The maximum Gasteiger partial charge on any atom is 0.387 e. The lowest BCUT2D eigenvalue weighted by atomic mass is 10.3. The molecule has 0 aliphatic heterocycles. The number of carbonyl (C=O) groups excluding carboxylic acids is 1. The summed E-state index contributed by atoms with van der Waals surface area (Å²) < 4.78 is 27.7. The summed E-state index contributed by atoms with van der Waals surface area (Å²) in [7, 11) is 0. The Morgan fingerprint density at radius 2 is 2.00 bits per heavy atom. The number of anilines is 1. The summed E-state index contributed by atoms with van der Waals surface area (Å²) in [6.07, 6.45) is 0.370. The first-order chi connectivity index (χ1) is 7.11. The number of rotatable bonds is 4. The first kappa shape index (κ1) is 11.4. The van der Waals surface area contributed by atoms with Crippen molar-refractivity contribution in [1.82, 2.24) is 0 Å². The molecule has 0 bridgehead atoms. The van der Waals surface area contributed by atoms with Crippen LogP contribution in [0.15, 0.2) is 24.3 Å². The number of ether oxygens (including phenoxy) is 1. The number of carbonyl (C=O) groups is 1. The molecule has 82 valence electrons. The number of halogens is 2. The molecule has 0 atom stereocenters. The van der Waals surface area contributed by atoms with Gasteiger partial charge in [-0.1, -0.05) is 6.92 Å². The highest BCUT2D eigenvalue weighted by Gasteiger charge is 2.04. The third kappa shape index (κ3) is 3.93. The highest BCUT2D eigenvalue weighted by atomic mass is 19.3. The third-order valence-corrected chi connectivity index (χ3v) is 1.68. The van der Waals surface area contributed by atoms with Crippen molar-refractivity contribution < 1.29 is 18.3 Å².